The van der Waals surface area contributed by atoms with Crippen LogP contribution in [0.5, 0.6) is 0 Å². The van der Waals surface area contributed by atoms with E-state index in [2.05, 4.69) is 6.92 Å². The summed E-state index contributed by atoms with van der Waals surface area (Å²) in [4.78, 5) is 0. The van der Waals surface area contributed by atoms with E-state index in [9.17, 15) is 0 Å². The first kappa shape index (κ1) is 15.8. The summed E-state index contributed by atoms with van der Waals surface area (Å²) in [7, 11) is 0. The van der Waals surface area contributed by atoms with Gasteiger partial charge in [0.2, 0.25) is 0 Å². The molecular weight excluding hydrogens is 271 g/mol. The van der Waals surface area contributed by atoms with Crippen molar-refractivity contribution in [3.8, 4) is 0 Å². The van der Waals surface area contributed by atoms with Gasteiger partial charge in [0, 0.05) is 6.61 Å². The van der Waals surface area contributed by atoms with Crippen molar-refractivity contribution in [3.05, 3.63) is 33.8 Å². The van der Waals surface area contributed by atoms with Crippen molar-refractivity contribution in [2.24, 2.45) is 0 Å². The first-order chi connectivity index (χ1) is 8.74. The molecule has 1 aromatic rings. The van der Waals surface area contributed by atoms with Crippen molar-refractivity contribution >= 4 is 23.2 Å². The molecule has 0 saturated heterocycles. The van der Waals surface area contributed by atoms with Crippen molar-refractivity contribution in [1.29, 1.82) is 0 Å². The highest BCUT2D eigenvalue weighted by Crippen LogP contribution is 2.22. The molecule has 4 heteroatoms. The van der Waals surface area contributed by atoms with E-state index in [1.165, 1.54) is 0 Å². The van der Waals surface area contributed by atoms with Crippen LogP contribution in [0.1, 0.15) is 25.3 Å². The maximum atomic E-state index is 5.93. The fourth-order valence-electron chi connectivity index (χ4n) is 1.45. The summed E-state index contributed by atoms with van der Waals surface area (Å²) in [5, 5.41) is 1.18. The Bertz CT molecular complexity index is 343. The molecule has 0 N–H and O–H groups in total. The van der Waals surface area contributed by atoms with Crippen LogP contribution < -0.4 is 0 Å². The molecule has 102 valence electrons. The van der Waals surface area contributed by atoms with Gasteiger partial charge in [-0.2, -0.15) is 0 Å². The second kappa shape index (κ2) is 9.62. The molecule has 0 aromatic heterocycles. The van der Waals surface area contributed by atoms with E-state index in [0.29, 0.717) is 29.9 Å². The van der Waals surface area contributed by atoms with Gasteiger partial charge in [-0.1, -0.05) is 42.6 Å². The third-order valence-corrected chi connectivity index (χ3v) is 3.27. The van der Waals surface area contributed by atoms with Crippen LogP contribution >= 0.6 is 23.2 Å². The summed E-state index contributed by atoms with van der Waals surface area (Å²) in [5.41, 5.74) is 1.14. The lowest BCUT2D eigenvalue weighted by atomic mass is 10.2. The van der Waals surface area contributed by atoms with Crippen LogP contribution in [0.2, 0.25) is 10.0 Å². The largest absolute Gasteiger partial charge is 0.379 e. The van der Waals surface area contributed by atoms with Gasteiger partial charge in [0.15, 0.2) is 0 Å². The Kier molecular flexibility index (Phi) is 8.44. The Morgan fingerprint density at radius 2 is 1.67 bits per heavy atom. The predicted molar refractivity (Wildman–Crippen MR) is 76.7 cm³/mol. The number of benzene rings is 1. The smallest absolute Gasteiger partial charge is 0.0700 e. The normalized spacial score (nSPS) is 10.8. The summed E-state index contributed by atoms with van der Waals surface area (Å²) in [6.45, 7) is 4.96. The Balaban J connectivity index is 2.05. The van der Waals surface area contributed by atoms with Crippen LogP contribution in [0.3, 0.4) is 0 Å². The summed E-state index contributed by atoms with van der Waals surface area (Å²) in [5.74, 6) is 0. The van der Waals surface area contributed by atoms with E-state index in [-0.39, 0.29) is 0 Å². The minimum Gasteiger partial charge on any atom is -0.379 e. The van der Waals surface area contributed by atoms with E-state index >= 15 is 0 Å². The summed E-state index contributed by atoms with van der Waals surface area (Å²) in [6, 6.07) is 5.66. The van der Waals surface area contributed by atoms with Gasteiger partial charge in [-0.25, -0.2) is 0 Å². The van der Waals surface area contributed by atoms with Gasteiger partial charge < -0.3 is 9.47 Å². The van der Waals surface area contributed by atoms with E-state index < -0.39 is 0 Å². The zero-order valence-corrected chi connectivity index (χ0v) is 12.3. The maximum Gasteiger partial charge on any atom is 0.0700 e. The van der Waals surface area contributed by atoms with Crippen LogP contribution in [0.15, 0.2) is 18.2 Å². The van der Waals surface area contributed by atoms with Gasteiger partial charge >= 0.3 is 0 Å². The minimum absolute atomic E-state index is 0.589. The standard InChI is InChI=1S/C14H20Cl2O2/c1-2-3-7-17-9-10-18-8-6-12-4-5-13(15)14(16)11-12/h4-5,11H,2-3,6-10H2,1H3. The SMILES string of the molecule is CCCCOCCOCCc1ccc(Cl)c(Cl)c1. The minimum atomic E-state index is 0.589. The van der Waals surface area contributed by atoms with Crippen molar-refractivity contribution in [2.75, 3.05) is 26.4 Å². The molecule has 0 saturated carbocycles. The van der Waals surface area contributed by atoms with E-state index in [1.807, 2.05) is 18.2 Å². The molecule has 0 aliphatic rings. The van der Waals surface area contributed by atoms with Crippen molar-refractivity contribution in [2.45, 2.75) is 26.2 Å². The van der Waals surface area contributed by atoms with Crippen LogP contribution in [-0.2, 0) is 15.9 Å². The van der Waals surface area contributed by atoms with Crippen molar-refractivity contribution < 1.29 is 9.47 Å². The molecule has 1 rings (SSSR count). The Morgan fingerprint density at radius 1 is 0.944 bits per heavy atom. The monoisotopic (exact) mass is 290 g/mol. The maximum absolute atomic E-state index is 5.93. The third-order valence-electron chi connectivity index (χ3n) is 2.53. The first-order valence-electron chi connectivity index (χ1n) is 6.33. The van der Waals surface area contributed by atoms with E-state index in [4.69, 9.17) is 32.7 Å². The molecule has 0 fully saturated rings. The molecule has 0 aliphatic carbocycles. The number of ether oxygens (including phenoxy) is 2. The summed E-state index contributed by atoms with van der Waals surface area (Å²) >= 11 is 11.8. The molecule has 0 amide bonds. The lowest BCUT2D eigenvalue weighted by Gasteiger charge is -2.06. The van der Waals surface area contributed by atoms with Gasteiger partial charge in [0.1, 0.15) is 0 Å². The average Bonchev–Trinajstić information content (AvgIpc) is 2.37. The fraction of sp³-hybridized carbons (Fsp3) is 0.571. The van der Waals surface area contributed by atoms with Gasteiger partial charge in [0.25, 0.3) is 0 Å². The average molecular weight is 291 g/mol. The summed E-state index contributed by atoms with van der Waals surface area (Å²) in [6.07, 6.45) is 3.12. The molecule has 0 unspecified atom stereocenters. The number of halogens is 2. The lowest BCUT2D eigenvalue weighted by molar-refractivity contribution is 0.0479. The van der Waals surface area contributed by atoms with Gasteiger partial charge in [-0.05, 0) is 30.5 Å². The Morgan fingerprint density at radius 3 is 2.33 bits per heavy atom. The Hall–Kier alpha value is -0.280. The summed E-state index contributed by atoms with van der Waals surface area (Å²) < 4.78 is 10.9. The number of hydrogen-bond acceptors (Lipinski definition) is 2. The van der Waals surface area contributed by atoms with Crippen molar-refractivity contribution in [3.63, 3.8) is 0 Å². The topological polar surface area (TPSA) is 18.5 Å². The molecular formula is C14H20Cl2O2. The molecule has 0 radical (unpaired) electrons. The van der Waals surface area contributed by atoms with E-state index in [0.717, 1.165) is 31.4 Å². The zero-order chi connectivity index (χ0) is 13.2. The van der Waals surface area contributed by atoms with Crippen LogP contribution in [-0.4, -0.2) is 26.4 Å². The Labute approximate surface area is 119 Å². The molecule has 0 aliphatic heterocycles. The van der Waals surface area contributed by atoms with Crippen LogP contribution in [0, 0.1) is 0 Å². The highest BCUT2D eigenvalue weighted by Gasteiger charge is 1.99. The second-order valence-electron chi connectivity index (χ2n) is 4.08. The predicted octanol–water partition coefficient (Wildman–Crippen LogP) is 4.37. The van der Waals surface area contributed by atoms with Gasteiger partial charge in [-0.15, -0.1) is 0 Å². The number of unbranched alkanes of at least 4 members (excludes halogenated alkanes) is 1. The molecule has 18 heavy (non-hydrogen) atoms. The van der Waals surface area contributed by atoms with Crippen LogP contribution in [0.4, 0.5) is 0 Å². The molecule has 1 aromatic carbocycles. The highest BCUT2D eigenvalue weighted by molar-refractivity contribution is 6.42. The van der Waals surface area contributed by atoms with E-state index in [1.54, 1.807) is 0 Å². The zero-order valence-electron chi connectivity index (χ0n) is 10.8. The lowest BCUT2D eigenvalue weighted by Crippen LogP contribution is -2.07. The third kappa shape index (κ3) is 6.60. The molecule has 0 spiro atoms. The molecule has 0 heterocycles. The van der Waals surface area contributed by atoms with Gasteiger partial charge in [-0.3, -0.25) is 0 Å². The molecule has 0 atom stereocenters. The number of rotatable bonds is 9. The molecule has 2 nitrogen and oxygen atoms in total. The van der Waals surface area contributed by atoms with Gasteiger partial charge in [0.05, 0.1) is 29.9 Å². The highest BCUT2D eigenvalue weighted by atomic mass is 35.5. The second-order valence-corrected chi connectivity index (χ2v) is 4.89. The molecule has 0 bridgehead atoms. The fourth-order valence-corrected chi connectivity index (χ4v) is 1.77. The first-order valence-corrected chi connectivity index (χ1v) is 7.09. The number of hydrogen-bond donors (Lipinski definition) is 0. The van der Waals surface area contributed by atoms with Crippen LogP contribution in [0.25, 0.3) is 0 Å². The quantitative estimate of drug-likeness (QED) is 0.629. The van der Waals surface area contributed by atoms with Crippen molar-refractivity contribution in [1.82, 2.24) is 0 Å².